The fourth-order valence-electron chi connectivity index (χ4n) is 1.57. The monoisotopic (exact) mass is 207 g/mol. The van der Waals surface area contributed by atoms with E-state index < -0.39 is 10.2 Å². The zero-order chi connectivity index (χ0) is 10.1. The summed E-state index contributed by atoms with van der Waals surface area (Å²) < 4.78 is 23.3. The Morgan fingerprint density at radius 2 is 1.85 bits per heavy atom. The van der Waals surface area contributed by atoms with Crippen LogP contribution in [0.4, 0.5) is 0 Å². The second-order valence-electron chi connectivity index (χ2n) is 3.60. The van der Waals surface area contributed by atoms with Crippen molar-refractivity contribution in [3.8, 4) is 0 Å². The predicted molar refractivity (Wildman–Crippen MR) is 51.4 cm³/mol. The van der Waals surface area contributed by atoms with Crippen LogP contribution >= 0.6 is 0 Å². The third kappa shape index (κ3) is 2.91. The Morgan fingerprint density at radius 3 is 2.23 bits per heavy atom. The quantitative estimate of drug-likeness (QED) is 0.645. The Balaban J connectivity index is 2.55. The van der Waals surface area contributed by atoms with Crippen LogP contribution in [0.1, 0.15) is 12.8 Å². The first-order chi connectivity index (χ1) is 5.91. The summed E-state index contributed by atoms with van der Waals surface area (Å²) in [5.41, 5.74) is 0. The smallest absolute Gasteiger partial charge is 0.276 e. The second-order valence-corrected chi connectivity index (χ2v) is 5.20. The van der Waals surface area contributed by atoms with Gasteiger partial charge in [-0.05, 0) is 33.0 Å². The molecule has 0 saturated carbocycles. The minimum absolute atomic E-state index is 0.0752. The molecule has 13 heavy (non-hydrogen) atoms. The topological polar surface area (TPSA) is 66.6 Å². The average Bonchev–Trinajstić information content (AvgIpc) is 2.03. The molecule has 78 valence electrons. The molecule has 6 heteroatoms. The number of nitrogens with zero attached hydrogens (tertiary/aromatic N) is 2. The van der Waals surface area contributed by atoms with Crippen LogP contribution in [0.5, 0.6) is 0 Å². The summed E-state index contributed by atoms with van der Waals surface area (Å²) in [4.78, 5) is 2.19. The minimum atomic E-state index is -3.51. The van der Waals surface area contributed by atoms with Gasteiger partial charge in [0.2, 0.25) is 0 Å². The van der Waals surface area contributed by atoms with Gasteiger partial charge in [-0.3, -0.25) is 0 Å². The fraction of sp³-hybridized carbons (Fsp3) is 1.00. The maximum Gasteiger partial charge on any atom is 0.276 e. The molecule has 5 nitrogen and oxygen atoms in total. The van der Waals surface area contributed by atoms with E-state index >= 15 is 0 Å². The van der Waals surface area contributed by atoms with Crippen LogP contribution in [0.15, 0.2) is 0 Å². The van der Waals surface area contributed by atoms with Crippen LogP contribution in [0.25, 0.3) is 0 Å². The van der Waals surface area contributed by atoms with Crippen molar-refractivity contribution in [2.75, 3.05) is 27.2 Å². The van der Waals surface area contributed by atoms with E-state index in [9.17, 15) is 8.42 Å². The van der Waals surface area contributed by atoms with Gasteiger partial charge in [0, 0.05) is 13.1 Å². The summed E-state index contributed by atoms with van der Waals surface area (Å²) in [5, 5.41) is 5.03. The van der Waals surface area contributed by atoms with Crippen LogP contribution in [0.2, 0.25) is 0 Å². The summed E-state index contributed by atoms with van der Waals surface area (Å²) in [7, 11) is 0.0767. The lowest BCUT2D eigenvalue weighted by Crippen LogP contribution is -2.46. The third-order valence-corrected chi connectivity index (χ3v) is 3.70. The van der Waals surface area contributed by atoms with Crippen molar-refractivity contribution in [1.29, 1.82) is 0 Å². The molecule has 1 rings (SSSR count). The van der Waals surface area contributed by atoms with E-state index in [2.05, 4.69) is 4.90 Å². The van der Waals surface area contributed by atoms with Crippen molar-refractivity contribution in [1.82, 2.24) is 9.21 Å². The van der Waals surface area contributed by atoms with Crippen LogP contribution < -0.4 is 5.14 Å². The summed E-state index contributed by atoms with van der Waals surface area (Å²) in [6.07, 6.45) is 1.73. The van der Waals surface area contributed by atoms with E-state index in [1.165, 1.54) is 4.31 Å². The predicted octanol–water partition coefficient (Wildman–Crippen LogP) is -0.784. The number of hydrogen-bond acceptors (Lipinski definition) is 3. The van der Waals surface area contributed by atoms with E-state index in [1.54, 1.807) is 7.05 Å². The van der Waals surface area contributed by atoms with Gasteiger partial charge in [-0.1, -0.05) is 0 Å². The molecule has 0 aromatic carbocycles. The molecule has 1 fully saturated rings. The molecule has 0 amide bonds. The van der Waals surface area contributed by atoms with E-state index in [4.69, 9.17) is 5.14 Å². The molecular formula is C7H17N3O2S. The molecule has 0 aromatic heterocycles. The normalized spacial score (nSPS) is 22.5. The lowest BCUT2D eigenvalue weighted by Gasteiger charge is -2.33. The molecule has 0 bridgehead atoms. The number of piperidine rings is 1. The minimum Gasteiger partial charge on any atom is -0.306 e. The van der Waals surface area contributed by atoms with Gasteiger partial charge in [-0.15, -0.1) is 0 Å². The first-order valence-corrected chi connectivity index (χ1v) is 5.86. The molecule has 1 aliphatic heterocycles. The van der Waals surface area contributed by atoms with Gasteiger partial charge in [0.1, 0.15) is 0 Å². The van der Waals surface area contributed by atoms with Crippen LogP contribution in [0.3, 0.4) is 0 Å². The van der Waals surface area contributed by atoms with E-state index in [0.717, 1.165) is 25.9 Å². The largest absolute Gasteiger partial charge is 0.306 e. The van der Waals surface area contributed by atoms with Crippen LogP contribution in [0, 0.1) is 0 Å². The Hall–Kier alpha value is -0.170. The molecule has 1 saturated heterocycles. The molecule has 2 N–H and O–H groups in total. The average molecular weight is 207 g/mol. The molecule has 0 radical (unpaired) electrons. The van der Waals surface area contributed by atoms with Crippen molar-refractivity contribution in [2.24, 2.45) is 5.14 Å². The lowest BCUT2D eigenvalue weighted by molar-refractivity contribution is 0.197. The molecule has 0 unspecified atom stereocenters. The molecule has 1 aliphatic rings. The van der Waals surface area contributed by atoms with Gasteiger partial charge in [-0.2, -0.15) is 12.7 Å². The van der Waals surface area contributed by atoms with Gasteiger partial charge in [-0.25, -0.2) is 5.14 Å². The highest BCUT2D eigenvalue weighted by Crippen LogP contribution is 2.15. The van der Waals surface area contributed by atoms with Crippen molar-refractivity contribution < 1.29 is 8.42 Å². The number of nitrogens with two attached hydrogens (primary N) is 1. The molecule has 0 spiro atoms. The van der Waals surface area contributed by atoms with Crippen molar-refractivity contribution >= 4 is 10.2 Å². The Bertz CT molecular complexity index is 257. The third-order valence-electron chi connectivity index (χ3n) is 2.60. The van der Waals surface area contributed by atoms with E-state index in [-0.39, 0.29) is 6.04 Å². The number of likely N-dealkylation sites (tertiary alicyclic amines) is 1. The number of rotatable bonds is 2. The van der Waals surface area contributed by atoms with Gasteiger partial charge in [0.25, 0.3) is 10.2 Å². The lowest BCUT2D eigenvalue weighted by atomic mass is 10.1. The molecule has 0 aliphatic carbocycles. The first-order valence-electron chi connectivity index (χ1n) is 4.35. The number of hydrogen-bond donors (Lipinski definition) is 1. The van der Waals surface area contributed by atoms with Crippen molar-refractivity contribution in [3.05, 3.63) is 0 Å². The molecule has 1 heterocycles. The van der Waals surface area contributed by atoms with Crippen LogP contribution in [-0.4, -0.2) is 50.8 Å². The standard InChI is InChI=1S/C7H17N3O2S/c1-9-5-3-7(4-6-9)10(2)13(8,11)12/h7H,3-6H2,1-2H3,(H2,8,11,12). The Kier molecular flexibility index (Phi) is 3.28. The zero-order valence-electron chi connectivity index (χ0n) is 8.10. The van der Waals surface area contributed by atoms with Gasteiger partial charge in [0.05, 0.1) is 0 Å². The Morgan fingerprint density at radius 1 is 1.38 bits per heavy atom. The van der Waals surface area contributed by atoms with Gasteiger partial charge in [0.15, 0.2) is 0 Å². The maximum atomic E-state index is 11.0. The highest BCUT2D eigenvalue weighted by molar-refractivity contribution is 7.86. The highest BCUT2D eigenvalue weighted by atomic mass is 32.2. The van der Waals surface area contributed by atoms with Crippen molar-refractivity contribution in [3.63, 3.8) is 0 Å². The van der Waals surface area contributed by atoms with Gasteiger partial charge >= 0.3 is 0 Å². The highest BCUT2D eigenvalue weighted by Gasteiger charge is 2.25. The molecular weight excluding hydrogens is 190 g/mol. The summed E-state index contributed by atoms with van der Waals surface area (Å²) in [6, 6.07) is 0.0752. The van der Waals surface area contributed by atoms with Crippen LogP contribution in [-0.2, 0) is 10.2 Å². The molecule has 0 atom stereocenters. The fourth-order valence-corrected chi connectivity index (χ4v) is 2.19. The maximum absolute atomic E-state index is 11.0. The summed E-state index contributed by atoms with van der Waals surface area (Å²) in [6.45, 7) is 1.87. The molecule has 0 aromatic rings. The van der Waals surface area contributed by atoms with E-state index in [1.807, 2.05) is 7.05 Å². The van der Waals surface area contributed by atoms with Gasteiger partial charge < -0.3 is 4.90 Å². The Labute approximate surface area is 79.7 Å². The second kappa shape index (κ2) is 3.91. The first kappa shape index (κ1) is 10.9. The van der Waals surface area contributed by atoms with E-state index in [0.29, 0.717) is 0 Å². The SMILES string of the molecule is CN1CCC(N(C)S(N)(=O)=O)CC1. The zero-order valence-corrected chi connectivity index (χ0v) is 8.92. The van der Waals surface area contributed by atoms with Crippen molar-refractivity contribution in [2.45, 2.75) is 18.9 Å². The summed E-state index contributed by atoms with van der Waals surface area (Å²) >= 11 is 0. The summed E-state index contributed by atoms with van der Waals surface area (Å²) in [5.74, 6) is 0.